The summed E-state index contributed by atoms with van der Waals surface area (Å²) in [6, 6.07) is 13.1. The summed E-state index contributed by atoms with van der Waals surface area (Å²) in [6.07, 6.45) is 1.57. The van der Waals surface area contributed by atoms with Crippen LogP contribution in [0.5, 0.6) is 5.75 Å². The number of nitrogens with one attached hydrogen (secondary N) is 2. The Hall–Kier alpha value is -2.82. The summed E-state index contributed by atoms with van der Waals surface area (Å²) in [5.41, 5.74) is 3.23. The van der Waals surface area contributed by atoms with E-state index in [2.05, 4.69) is 24.5 Å². The summed E-state index contributed by atoms with van der Waals surface area (Å²) in [4.78, 5) is 25.0. The lowest BCUT2D eigenvalue weighted by Crippen LogP contribution is -2.38. The molecule has 0 radical (unpaired) electrons. The van der Waals surface area contributed by atoms with Crippen LogP contribution in [-0.2, 0) is 11.2 Å². The number of fused-ring (bicyclic) bond motifs is 1. The fraction of sp³-hybridized carbons (Fsp3) is 0.391. The Morgan fingerprint density at radius 1 is 1.18 bits per heavy atom. The van der Waals surface area contributed by atoms with E-state index >= 15 is 0 Å². The summed E-state index contributed by atoms with van der Waals surface area (Å²) in [5, 5.41) is 5.95. The largest absolute Gasteiger partial charge is 0.492 e. The van der Waals surface area contributed by atoms with Crippen LogP contribution >= 0.6 is 0 Å². The molecule has 0 saturated heterocycles. The number of hydrogen-bond acceptors (Lipinski definition) is 3. The second kappa shape index (κ2) is 8.91. The second-order valence-electron chi connectivity index (χ2n) is 7.78. The minimum absolute atomic E-state index is 0.0284. The van der Waals surface area contributed by atoms with Gasteiger partial charge in [0.05, 0.1) is 5.92 Å². The number of rotatable bonds is 6. The van der Waals surface area contributed by atoms with Crippen molar-refractivity contribution < 1.29 is 14.3 Å². The third-order valence-corrected chi connectivity index (χ3v) is 5.01. The van der Waals surface area contributed by atoms with Crippen LogP contribution in [0.3, 0.4) is 0 Å². The van der Waals surface area contributed by atoms with Crippen molar-refractivity contribution in [3.63, 3.8) is 0 Å². The highest BCUT2D eigenvalue weighted by atomic mass is 16.5. The van der Waals surface area contributed by atoms with Gasteiger partial charge in [0.2, 0.25) is 5.91 Å². The summed E-state index contributed by atoms with van der Waals surface area (Å²) in [6.45, 7) is 7.26. The van der Waals surface area contributed by atoms with Crippen molar-refractivity contribution in [2.24, 2.45) is 11.8 Å². The average Bonchev–Trinajstić information content (AvgIpc) is 2.67. The lowest BCUT2D eigenvalue weighted by molar-refractivity contribution is -0.126. The Kier molecular flexibility index (Phi) is 6.34. The summed E-state index contributed by atoms with van der Waals surface area (Å²) < 4.78 is 5.77. The smallest absolute Gasteiger partial charge is 0.255 e. The minimum atomic E-state index is -0.206. The molecule has 2 N–H and O–H groups in total. The first-order chi connectivity index (χ1) is 13.4. The fourth-order valence-corrected chi connectivity index (χ4v) is 3.30. The third-order valence-electron chi connectivity index (χ3n) is 5.01. The predicted molar refractivity (Wildman–Crippen MR) is 111 cm³/mol. The van der Waals surface area contributed by atoms with Gasteiger partial charge in [-0.1, -0.05) is 32.0 Å². The standard InChI is InChI=1S/C23H28N2O3/c1-15(2)10-11-24-22(26)18-12-17-13-19(8-9-21(17)28-14-18)25-23(27)20-7-5-4-6-16(20)3/h4-9,13,15,18H,10-12,14H2,1-3H3,(H,24,26)(H,25,27). The molecule has 1 unspecified atom stereocenters. The van der Waals surface area contributed by atoms with Crippen molar-refractivity contribution in [2.75, 3.05) is 18.5 Å². The van der Waals surface area contributed by atoms with Crippen molar-refractivity contribution in [1.82, 2.24) is 5.32 Å². The van der Waals surface area contributed by atoms with E-state index < -0.39 is 0 Å². The highest BCUT2D eigenvalue weighted by Crippen LogP contribution is 2.30. The number of amides is 2. The fourth-order valence-electron chi connectivity index (χ4n) is 3.30. The molecular formula is C23H28N2O3. The van der Waals surface area contributed by atoms with Crippen LogP contribution in [-0.4, -0.2) is 25.0 Å². The van der Waals surface area contributed by atoms with E-state index in [1.54, 1.807) is 0 Å². The first kappa shape index (κ1) is 19.9. The Labute approximate surface area is 166 Å². The van der Waals surface area contributed by atoms with Gasteiger partial charge in [0.15, 0.2) is 0 Å². The SMILES string of the molecule is Cc1ccccc1C(=O)Nc1ccc2c(c1)CC(C(=O)NCCC(C)C)CO2. The van der Waals surface area contributed by atoms with Crippen LogP contribution in [0.1, 0.15) is 41.8 Å². The molecular weight excluding hydrogens is 352 g/mol. The molecule has 1 atom stereocenters. The second-order valence-corrected chi connectivity index (χ2v) is 7.78. The molecule has 0 saturated carbocycles. The maximum atomic E-state index is 12.5. The molecule has 0 spiro atoms. The van der Waals surface area contributed by atoms with Gasteiger partial charge in [0, 0.05) is 17.8 Å². The molecule has 5 heteroatoms. The zero-order chi connectivity index (χ0) is 20.1. The van der Waals surface area contributed by atoms with Crippen molar-refractivity contribution in [2.45, 2.75) is 33.6 Å². The van der Waals surface area contributed by atoms with Crippen molar-refractivity contribution in [1.29, 1.82) is 0 Å². The number of benzene rings is 2. The number of carbonyl (C=O) groups excluding carboxylic acids is 2. The van der Waals surface area contributed by atoms with Crippen LogP contribution in [0.25, 0.3) is 0 Å². The molecule has 0 aliphatic carbocycles. The van der Waals surface area contributed by atoms with E-state index in [1.165, 1.54) is 0 Å². The molecule has 148 valence electrons. The maximum Gasteiger partial charge on any atom is 0.255 e. The number of anilines is 1. The van der Waals surface area contributed by atoms with E-state index in [-0.39, 0.29) is 17.7 Å². The Morgan fingerprint density at radius 3 is 2.71 bits per heavy atom. The molecule has 1 aliphatic heterocycles. The lowest BCUT2D eigenvalue weighted by atomic mass is 9.95. The Bertz CT molecular complexity index is 861. The summed E-state index contributed by atoms with van der Waals surface area (Å²) in [7, 11) is 0. The van der Waals surface area contributed by atoms with Gasteiger partial charge in [-0.05, 0) is 61.1 Å². The normalized spacial score (nSPS) is 15.5. The average molecular weight is 380 g/mol. The van der Waals surface area contributed by atoms with Crippen LogP contribution in [0.15, 0.2) is 42.5 Å². The quantitative estimate of drug-likeness (QED) is 0.797. The van der Waals surface area contributed by atoms with Gasteiger partial charge in [-0.25, -0.2) is 0 Å². The van der Waals surface area contributed by atoms with Crippen molar-refractivity contribution in [3.05, 3.63) is 59.2 Å². The first-order valence-corrected chi connectivity index (χ1v) is 9.84. The number of ether oxygens (including phenoxy) is 1. The summed E-state index contributed by atoms with van der Waals surface area (Å²) in [5.74, 6) is 1.02. The first-order valence-electron chi connectivity index (χ1n) is 9.84. The van der Waals surface area contributed by atoms with Crippen LogP contribution in [0.4, 0.5) is 5.69 Å². The molecule has 28 heavy (non-hydrogen) atoms. The molecule has 0 aromatic heterocycles. The van der Waals surface area contributed by atoms with E-state index in [0.717, 1.165) is 23.3 Å². The van der Waals surface area contributed by atoms with Crippen LogP contribution in [0, 0.1) is 18.8 Å². The zero-order valence-electron chi connectivity index (χ0n) is 16.7. The summed E-state index contributed by atoms with van der Waals surface area (Å²) >= 11 is 0. The Balaban J connectivity index is 1.65. The number of carbonyl (C=O) groups is 2. The topological polar surface area (TPSA) is 67.4 Å². The van der Waals surface area contributed by atoms with E-state index in [1.807, 2.05) is 49.4 Å². The Morgan fingerprint density at radius 2 is 1.96 bits per heavy atom. The number of aryl methyl sites for hydroxylation is 1. The van der Waals surface area contributed by atoms with Gasteiger partial charge in [0.1, 0.15) is 12.4 Å². The highest BCUT2D eigenvalue weighted by Gasteiger charge is 2.26. The molecule has 2 amide bonds. The number of hydrogen-bond donors (Lipinski definition) is 2. The van der Waals surface area contributed by atoms with Crippen LogP contribution < -0.4 is 15.4 Å². The van der Waals surface area contributed by atoms with Crippen LogP contribution in [0.2, 0.25) is 0 Å². The zero-order valence-corrected chi connectivity index (χ0v) is 16.7. The molecule has 0 fully saturated rings. The van der Waals surface area contributed by atoms with Gasteiger partial charge in [-0.2, -0.15) is 0 Å². The maximum absolute atomic E-state index is 12.5. The monoisotopic (exact) mass is 380 g/mol. The van der Waals surface area contributed by atoms with Crippen molar-refractivity contribution >= 4 is 17.5 Å². The molecule has 2 aromatic rings. The molecule has 5 nitrogen and oxygen atoms in total. The third kappa shape index (κ3) is 4.91. The highest BCUT2D eigenvalue weighted by molar-refractivity contribution is 6.05. The van der Waals surface area contributed by atoms with E-state index in [9.17, 15) is 9.59 Å². The molecule has 2 aromatic carbocycles. The van der Waals surface area contributed by atoms with Gasteiger partial charge in [-0.3, -0.25) is 9.59 Å². The molecule has 1 aliphatic rings. The molecule has 1 heterocycles. The molecule has 3 rings (SSSR count). The van der Waals surface area contributed by atoms with Crippen molar-refractivity contribution in [3.8, 4) is 5.75 Å². The van der Waals surface area contributed by atoms with Gasteiger partial charge < -0.3 is 15.4 Å². The van der Waals surface area contributed by atoms with E-state index in [0.29, 0.717) is 36.7 Å². The van der Waals surface area contributed by atoms with Gasteiger partial charge >= 0.3 is 0 Å². The van der Waals surface area contributed by atoms with Gasteiger partial charge in [0.25, 0.3) is 5.91 Å². The minimum Gasteiger partial charge on any atom is -0.492 e. The van der Waals surface area contributed by atoms with Gasteiger partial charge in [-0.15, -0.1) is 0 Å². The van der Waals surface area contributed by atoms with E-state index in [4.69, 9.17) is 4.74 Å². The predicted octanol–water partition coefficient (Wildman–Crippen LogP) is 3.96. The molecule has 0 bridgehead atoms. The lowest BCUT2D eigenvalue weighted by Gasteiger charge is -2.25.